The largest absolute Gasteiger partial charge is 0.346 e. The number of amides is 1. The molecule has 0 spiro atoms. The molecule has 0 saturated carbocycles. The number of thiophene rings is 1. The zero-order valence-corrected chi connectivity index (χ0v) is 12.9. The van der Waals surface area contributed by atoms with Crippen LogP contribution in [0.5, 0.6) is 0 Å². The van der Waals surface area contributed by atoms with Gasteiger partial charge in [0.05, 0.1) is 12.6 Å². The lowest BCUT2D eigenvalue weighted by Crippen LogP contribution is -2.22. The fourth-order valence-electron chi connectivity index (χ4n) is 2.34. The lowest BCUT2D eigenvalue weighted by atomic mass is 10.2. The van der Waals surface area contributed by atoms with Gasteiger partial charge in [-0.2, -0.15) is 0 Å². The van der Waals surface area contributed by atoms with Crippen LogP contribution in [0.4, 0.5) is 0 Å². The average Bonchev–Trinajstić information content (AvgIpc) is 3.10. The van der Waals surface area contributed by atoms with Crippen LogP contribution >= 0.6 is 22.7 Å². The second kappa shape index (κ2) is 5.63. The van der Waals surface area contributed by atoms with Crippen molar-refractivity contribution in [1.29, 1.82) is 0 Å². The highest BCUT2D eigenvalue weighted by atomic mass is 32.1. The molecule has 1 atom stereocenters. The van der Waals surface area contributed by atoms with Crippen LogP contribution in [0, 0.1) is 0 Å². The zero-order chi connectivity index (χ0) is 14.1. The van der Waals surface area contributed by atoms with Crippen LogP contribution in [0.1, 0.15) is 50.2 Å². The summed E-state index contributed by atoms with van der Waals surface area (Å²) in [7, 11) is 0. The molecule has 6 heteroatoms. The minimum Gasteiger partial charge on any atom is -0.346 e. The Balaban J connectivity index is 1.60. The molecule has 2 heterocycles. The van der Waals surface area contributed by atoms with Gasteiger partial charge in [-0.3, -0.25) is 4.79 Å². The van der Waals surface area contributed by atoms with Gasteiger partial charge in [-0.1, -0.05) is 0 Å². The summed E-state index contributed by atoms with van der Waals surface area (Å²) in [6.07, 6.45) is 3.65. The van der Waals surface area contributed by atoms with Crippen LogP contribution in [0.2, 0.25) is 0 Å². The number of hydrogen-bond donors (Lipinski definition) is 2. The molecular weight excluding hydrogens is 290 g/mol. The molecular formula is C14H17N3OS2. The minimum absolute atomic E-state index is 0.123. The highest BCUT2D eigenvalue weighted by Crippen LogP contribution is 2.30. The fraction of sp³-hybridized carbons (Fsp3) is 0.429. The predicted octanol–water partition coefficient (Wildman–Crippen LogP) is 2.64. The number of nitrogens with two attached hydrogens (primary N) is 1. The number of rotatable bonds is 4. The van der Waals surface area contributed by atoms with E-state index in [9.17, 15) is 4.79 Å². The number of aryl methyl sites for hydroxylation is 2. The Hall–Kier alpha value is -1.24. The first-order chi connectivity index (χ1) is 9.63. The first-order valence-electron chi connectivity index (χ1n) is 6.73. The maximum absolute atomic E-state index is 12.0. The number of thiazole rings is 1. The normalized spacial score (nSPS) is 15.1. The Morgan fingerprint density at radius 3 is 3.10 bits per heavy atom. The molecule has 0 aromatic carbocycles. The van der Waals surface area contributed by atoms with Crippen molar-refractivity contribution in [1.82, 2.24) is 10.3 Å². The predicted molar refractivity (Wildman–Crippen MR) is 82.2 cm³/mol. The molecule has 3 N–H and O–H groups in total. The van der Waals surface area contributed by atoms with Crippen molar-refractivity contribution in [2.45, 2.75) is 38.8 Å². The Morgan fingerprint density at radius 2 is 2.40 bits per heavy atom. The number of fused-ring (bicyclic) bond motifs is 1. The quantitative estimate of drug-likeness (QED) is 0.912. The van der Waals surface area contributed by atoms with Crippen molar-refractivity contribution in [2.75, 3.05) is 0 Å². The SMILES string of the molecule is CC(N)c1nc(C(=O)NCc2cc3c(s2)CCC3)cs1. The van der Waals surface area contributed by atoms with Gasteiger partial charge in [-0.05, 0) is 37.8 Å². The summed E-state index contributed by atoms with van der Waals surface area (Å²) in [6, 6.07) is 2.10. The summed E-state index contributed by atoms with van der Waals surface area (Å²) in [5, 5.41) is 5.49. The van der Waals surface area contributed by atoms with E-state index in [2.05, 4.69) is 16.4 Å². The summed E-state index contributed by atoms with van der Waals surface area (Å²) >= 11 is 3.25. The Bertz CT molecular complexity index is 609. The molecule has 20 heavy (non-hydrogen) atoms. The van der Waals surface area contributed by atoms with Gasteiger partial charge in [0, 0.05) is 15.1 Å². The van der Waals surface area contributed by atoms with Gasteiger partial charge < -0.3 is 11.1 Å². The van der Waals surface area contributed by atoms with Crippen LogP contribution in [-0.4, -0.2) is 10.9 Å². The summed E-state index contributed by atoms with van der Waals surface area (Å²) in [5.74, 6) is -0.123. The Kier molecular flexibility index (Phi) is 3.87. The Morgan fingerprint density at radius 1 is 1.55 bits per heavy atom. The molecule has 0 saturated heterocycles. The van der Waals surface area contributed by atoms with E-state index in [4.69, 9.17) is 5.73 Å². The number of carbonyl (C=O) groups is 1. The minimum atomic E-state index is -0.123. The van der Waals surface area contributed by atoms with E-state index < -0.39 is 0 Å². The molecule has 3 rings (SSSR count). The molecule has 0 fully saturated rings. The maximum Gasteiger partial charge on any atom is 0.271 e. The molecule has 1 aliphatic carbocycles. The lowest BCUT2D eigenvalue weighted by molar-refractivity contribution is 0.0947. The number of hydrogen-bond acceptors (Lipinski definition) is 5. The molecule has 1 aliphatic rings. The second-order valence-electron chi connectivity index (χ2n) is 5.06. The third-order valence-corrected chi connectivity index (χ3v) is 5.65. The summed E-state index contributed by atoms with van der Waals surface area (Å²) in [6.45, 7) is 2.45. The topological polar surface area (TPSA) is 68.0 Å². The van der Waals surface area contributed by atoms with Gasteiger partial charge in [-0.25, -0.2) is 4.98 Å². The van der Waals surface area contributed by atoms with Crippen molar-refractivity contribution in [3.05, 3.63) is 37.5 Å². The molecule has 1 amide bonds. The van der Waals surface area contributed by atoms with Gasteiger partial charge >= 0.3 is 0 Å². The van der Waals surface area contributed by atoms with Crippen LogP contribution in [0.3, 0.4) is 0 Å². The fourth-order valence-corrected chi connectivity index (χ4v) is 4.30. The number of aromatic nitrogens is 1. The van der Waals surface area contributed by atoms with Crippen molar-refractivity contribution >= 4 is 28.6 Å². The summed E-state index contributed by atoms with van der Waals surface area (Å²) in [4.78, 5) is 19.0. The van der Waals surface area contributed by atoms with Gasteiger partial charge in [0.2, 0.25) is 0 Å². The second-order valence-corrected chi connectivity index (χ2v) is 7.17. The van der Waals surface area contributed by atoms with Crippen molar-refractivity contribution in [3.63, 3.8) is 0 Å². The lowest BCUT2D eigenvalue weighted by Gasteiger charge is -2.01. The average molecular weight is 307 g/mol. The highest BCUT2D eigenvalue weighted by molar-refractivity contribution is 7.12. The molecule has 1 unspecified atom stereocenters. The molecule has 2 aromatic rings. The van der Waals surface area contributed by atoms with E-state index in [0.717, 1.165) is 5.01 Å². The number of carbonyl (C=O) groups excluding carboxylic acids is 1. The first kappa shape index (κ1) is 13.7. The zero-order valence-electron chi connectivity index (χ0n) is 11.3. The third-order valence-electron chi connectivity index (χ3n) is 3.36. The van der Waals surface area contributed by atoms with E-state index in [0.29, 0.717) is 12.2 Å². The van der Waals surface area contributed by atoms with Crippen LogP contribution in [0.15, 0.2) is 11.4 Å². The molecule has 2 aromatic heterocycles. The smallest absolute Gasteiger partial charge is 0.271 e. The Labute approximate surface area is 126 Å². The van der Waals surface area contributed by atoms with Gasteiger partial charge in [0.15, 0.2) is 0 Å². The third kappa shape index (κ3) is 2.77. The van der Waals surface area contributed by atoms with Gasteiger partial charge in [-0.15, -0.1) is 22.7 Å². The summed E-state index contributed by atoms with van der Waals surface area (Å²) in [5.41, 5.74) is 7.68. The monoisotopic (exact) mass is 307 g/mol. The molecule has 0 radical (unpaired) electrons. The van der Waals surface area contributed by atoms with Crippen LogP contribution in [0.25, 0.3) is 0 Å². The van der Waals surface area contributed by atoms with E-state index >= 15 is 0 Å². The molecule has 4 nitrogen and oxygen atoms in total. The van der Waals surface area contributed by atoms with E-state index in [1.807, 2.05) is 18.3 Å². The number of nitrogens with one attached hydrogen (secondary N) is 1. The van der Waals surface area contributed by atoms with E-state index in [-0.39, 0.29) is 11.9 Å². The standard InChI is InChI=1S/C14H17N3OS2/c1-8(15)14-17-11(7-19-14)13(18)16-6-10-5-9-3-2-4-12(9)20-10/h5,7-8H,2-4,6,15H2,1H3,(H,16,18). The van der Waals surface area contributed by atoms with Crippen LogP contribution in [-0.2, 0) is 19.4 Å². The van der Waals surface area contributed by atoms with Crippen molar-refractivity contribution < 1.29 is 4.79 Å². The first-order valence-corrected chi connectivity index (χ1v) is 8.43. The molecule has 0 aliphatic heterocycles. The maximum atomic E-state index is 12.0. The molecule has 106 valence electrons. The highest BCUT2D eigenvalue weighted by Gasteiger charge is 2.16. The van der Waals surface area contributed by atoms with Crippen molar-refractivity contribution in [3.8, 4) is 0 Å². The van der Waals surface area contributed by atoms with Crippen molar-refractivity contribution in [2.24, 2.45) is 5.73 Å². The van der Waals surface area contributed by atoms with E-state index in [1.165, 1.54) is 45.9 Å². The van der Waals surface area contributed by atoms with Gasteiger partial charge in [0.1, 0.15) is 10.7 Å². The number of nitrogens with zero attached hydrogens (tertiary/aromatic N) is 1. The van der Waals surface area contributed by atoms with Crippen LogP contribution < -0.4 is 11.1 Å². The molecule has 0 bridgehead atoms. The van der Waals surface area contributed by atoms with E-state index in [1.54, 1.807) is 5.38 Å². The van der Waals surface area contributed by atoms with Gasteiger partial charge in [0.25, 0.3) is 5.91 Å². The summed E-state index contributed by atoms with van der Waals surface area (Å²) < 4.78 is 0.